The summed E-state index contributed by atoms with van der Waals surface area (Å²) in [5.41, 5.74) is 0.0227. The first-order valence-electron chi connectivity index (χ1n) is 11.9. The van der Waals surface area contributed by atoms with Crippen molar-refractivity contribution in [3.63, 3.8) is 0 Å². The van der Waals surface area contributed by atoms with Crippen LogP contribution in [0, 0.1) is 0 Å². The standard InChI is InChI=1S/C23H29N7O3S/c1-3-4-12-29-20-18(21(31)25-22(29)32)28(2)17(24-20)14-34-23-27-26-19(16-11-8-13-33-16)30(23)15-9-6-5-7-10-15/h8,11,13,15H,3-7,9-10,12,14H2,1-2H3,(H,25,31,32). The van der Waals surface area contributed by atoms with Crippen LogP contribution in [0.15, 0.2) is 37.6 Å². The van der Waals surface area contributed by atoms with Crippen LogP contribution in [0.2, 0.25) is 0 Å². The average molecular weight is 484 g/mol. The molecule has 1 saturated carbocycles. The second-order valence-corrected chi connectivity index (χ2v) is 9.70. The molecule has 10 nitrogen and oxygen atoms in total. The number of aromatic amines is 1. The van der Waals surface area contributed by atoms with E-state index in [1.54, 1.807) is 15.4 Å². The number of hydrogen-bond acceptors (Lipinski definition) is 7. The highest BCUT2D eigenvalue weighted by Crippen LogP contribution is 2.36. The molecule has 5 rings (SSSR count). The lowest BCUT2D eigenvalue weighted by atomic mass is 9.95. The molecule has 0 aliphatic heterocycles. The predicted molar refractivity (Wildman–Crippen MR) is 130 cm³/mol. The lowest BCUT2D eigenvalue weighted by Crippen LogP contribution is -2.31. The molecule has 1 aliphatic carbocycles. The minimum atomic E-state index is -0.414. The molecule has 11 heteroatoms. The summed E-state index contributed by atoms with van der Waals surface area (Å²) in [7, 11) is 1.81. The SMILES string of the molecule is CCCCn1c(=O)[nH]c(=O)c2c1nc(CSc1nnc(-c3ccco3)n1C1CCCCC1)n2C. The van der Waals surface area contributed by atoms with Crippen LogP contribution in [-0.4, -0.2) is 33.9 Å². The number of hydrogen-bond donors (Lipinski definition) is 1. The molecule has 4 aromatic rings. The van der Waals surface area contributed by atoms with Crippen molar-refractivity contribution in [1.82, 2.24) is 33.9 Å². The summed E-state index contributed by atoms with van der Waals surface area (Å²) >= 11 is 1.54. The van der Waals surface area contributed by atoms with Gasteiger partial charge in [-0.3, -0.25) is 18.9 Å². The summed E-state index contributed by atoms with van der Waals surface area (Å²) in [6.45, 7) is 2.59. The van der Waals surface area contributed by atoms with Crippen LogP contribution in [0.25, 0.3) is 22.7 Å². The number of aromatic nitrogens is 7. The zero-order valence-corrected chi connectivity index (χ0v) is 20.3. The molecule has 34 heavy (non-hydrogen) atoms. The molecule has 0 atom stereocenters. The third kappa shape index (κ3) is 4.13. The fourth-order valence-electron chi connectivity index (χ4n) is 4.69. The van der Waals surface area contributed by atoms with Crippen molar-refractivity contribution in [1.29, 1.82) is 0 Å². The Morgan fingerprint density at radius 1 is 1.21 bits per heavy atom. The Balaban J connectivity index is 1.49. The molecular weight excluding hydrogens is 454 g/mol. The zero-order chi connectivity index (χ0) is 23.7. The van der Waals surface area contributed by atoms with Gasteiger partial charge in [-0.05, 0) is 31.4 Å². The van der Waals surface area contributed by atoms with Gasteiger partial charge in [0.05, 0.1) is 12.0 Å². The van der Waals surface area contributed by atoms with E-state index in [0.717, 1.165) is 36.7 Å². The second kappa shape index (κ2) is 9.65. The van der Waals surface area contributed by atoms with Crippen molar-refractivity contribution in [2.75, 3.05) is 0 Å². The maximum absolute atomic E-state index is 12.6. The Kier molecular flexibility index (Phi) is 6.44. The largest absolute Gasteiger partial charge is 0.461 e. The van der Waals surface area contributed by atoms with Gasteiger partial charge in [0.25, 0.3) is 5.56 Å². The van der Waals surface area contributed by atoms with Crippen molar-refractivity contribution in [3.8, 4) is 11.6 Å². The van der Waals surface area contributed by atoms with Gasteiger partial charge in [-0.2, -0.15) is 0 Å². The normalized spacial score (nSPS) is 14.9. The number of aryl methyl sites for hydroxylation is 2. The zero-order valence-electron chi connectivity index (χ0n) is 19.5. The van der Waals surface area contributed by atoms with Gasteiger partial charge in [-0.15, -0.1) is 10.2 Å². The summed E-state index contributed by atoms with van der Waals surface area (Å²) < 4.78 is 11.2. The number of fused-ring (bicyclic) bond motifs is 1. The van der Waals surface area contributed by atoms with Gasteiger partial charge in [0, 0.05) is 19.6 Å². The fourth-order valence-corrected chi connectivity index (χ4v) is 5.68. The Bertz CT molecular complexity index is 1390. The van der Waals surface area contributed by atoms with Gasteiger partial charge >= 0.3 is 5.69 Å². The van der Waals surface area contributed by atoms with Gasteiger partial charge in [-0.1, -0.05) is 44.4 Å². The average Bonchev–Trinajstić information content (AvgIpc) is 3.57. The minimum absolute atomic E-state index is 0.328. The van der Waals surface area contributed by atoms with Gasteiger partial charge in [0.15, 0.2) is 22.1 Å². The van der Waals surface area contributed by atoms with Crippen molar-refractivity contribution in [2.24, 2.45) is 7.05 Å². The number of nitrogens with zero attached hydrogens (tertiary/aromatic N) is 6. The molecule has 180 valence electrons. The monoisotopic (exact) mass is 483 g/mol. The summed E-state index contributed by atoms with van der Waals surface area (Å²) in [5, 5.41) is 9.76. The number of nitrogens with one attached hydrogen (secondary N) is 1. The van der Waals surface area contributed by atoms with Crippen LogP contribution in [-0.2, 0) is 19.3 Å². The maximum atomic E-state index is 12.6. The Hall–Kier alpha value is -3.08. The maximum Gasteiger partial charge on any atom is 0.330 e. The van der Waals surface area contributed by atoms with E-state index in [1.165, 1.54) is 31.0 Å². The van der Waals surface area contributed by atoms with Crippen LogP contribution in [0.1, 0.15) is 63.7 Å². The third-order valence-corrected chi connectivity index (χ3v) is 7.46. The molecule has 1 N–H and O–H groups in total. The van der Waals surface area contributed by atoms with E-state index < -0.39 is 11.2 Å². The first kappa shape index (κ1) is 22.7. The summed E-state index contributed by atoms with van der Waals surface area (Å²) in [6.07, 6.45) is 9.23. The number of rotatable bonds is 8. The summed E-state index contributed by atoms with van der Waals surface area (Å²) in [6, 6.07) is 4.09. The van der Waals surface area contributed by atoms with Gasteiger partial charge in [0.2, 0.25) is 5.82 Å². The van der Waals surface area contributed by atoms with Crippen molar-refractivity contribution in [3.05, 3.63) is 45.1 Å². The van der Waals surface area contributed by atoms with Gasteiger partial charge < -0.3 is 8.98 Å². The molecule has 0 saturated heterocycles. The van der Waals surface area contributed by atoms with Crippen LogP contribution in [0.5, 0.6) is 0 Å². The fraction of sp³-hybridized carbons (Fsp3) is 0.522. The van der Waals surface area contributed by atoms with Crippen LogP contribution >= 0.6 is 11.8 Å². The molecular formula is C23H29N7O3S. The lowest BCUT2D eigenvalue weighted by Gasteiger charge is -2.25. The van der Waals surface area contributed by atoms with E-state index in [4.69, 9.17) is 9.40 Å². The molecule has 0 amide bonds. The van der Waals surface area contributed by atoms with E-state index >= 15 is 0 Å². The van der Waals surface area contributed by atoms with E-state index in [-0.39, 0.29) is 0 Å². The van der Waals surface area contributed by atoms with E-state index in [0.29, 0.717) is 41.1 Å². The molecule has 0 unspecified atom stereocenters. The number of imidazole rings is 1. The minimum Gasteiger partial charge on any atom is -0.461 e. The van der Waals surface area contributed by atoms with Crippen LogP contribution in [0.3, 0.4) is 0 Å². The van der Waals surface area contributed by atoms with Crippen molar-refractivity contribution < 1.29 is 4.42 Å². The Morgan fingerprint density at radius 3 is 2.76 bits per heavy atom. The Morgan fingerprint density at radius 2 is 2.03 bits per heavy atom. The van der Waals surface area contributed by atoms with Gasteiger partial charge in [0.1, 0.15) is 5.82 Å². The molecule has 4 aromatic heterocycles. The lowest BCUT2D eigenvalue weighted by molar-refractivity contribution is 0.337. The first-order valence-corrected chi connectivity index (χ1v) is 12.9. The van der Waals surface area contributed by atoms with Crippen LogP contribution in [0.4, 0.5) is 0 Å². The number of thioether (sulfide) groups is 1. The Labute approximate surface area is 200 Å². The molecule has 1 aliphatic rings. The number of unbranched alkanes of at least 4 members (excludes halogenated alkanes) is 1. The van der Waals surface area contributed by atoms with E-state index in [2.05, 4.69) is 26.7 Å². The highest BCUT2D eigenvalue weighted by Gasteiger charge is 2.25. The smallest absolute Gasteiger partial charge is 0.330 e. The number of furan rings is 1. The third-order valence-electron chi connectivity index (χ3n) is 6.52. The number of H-pyrrole nitrogens is 1. The quantitative estimate of drug-likeness (QED) is 0.378. The molecule has 4 heterocycles. The molecule has 1 fully saturated rings. The molecule has 0 bridgehead atoms. The van der Waals surface area contributed by atoms with Crippen molar-refractivity contribution >= 4 is 22.9 Å². The first-order chi connectivity index (χ1) is 16.6. The molecule has 0 spiro atoms. The second-order valence-electron chi connectivity index (χ2n) is 8.76. The van der Waals surface area contributed by atoms with Crippen LogP contribution < -0.4 is 11.2 Å². The summed E-state index contributed by atoms with van der Waals surface area (Å²) in [5.74, 6) is 2.66. The predicted octanol–water partition coefficient (Wildman–Crippen LogP) is 3.87. The van der Waals surface area contributed by atoms with Gasteiger partial charge in [-0.25, -0.2) is 9.78 Å². The van der Waals surface area contributed by atoms with E-state index in [9.17, 15) is 9.59 Å². The molecule has 0 radical (unpaired) electrons. The topological polar surface area (TPSA) is 117 Å². The molecule has 0 aromatic carbocycles. The highest BCUT2D eigenvalue weighted by molar-refractivity contribution is 7.98. The summed E-state index contributed by atoms with van der Waals surface area (Å²) in [4.78, 5) is 32.1. The van der Waals surface area contributed by atoms with E-state index in [1.807, 2.05) is 19.2 Å². The van der Waals surface area contributed by atoms with Crippen molar-refractivity contribution in [2.45, 2.75) is 75.4 Å². The highest BCUT2D eigenvalue weighted by atomic mass is 32.2.